The van der Waals surface area contributed by atoms with Crippen LogP contribution in [0.5, 0.6) is 5.75 Å². The second kappa shape index (κ2) is 12.0. The molecule has 4 rings (SSSR count). The number of amides is 1. The summed E-state index contributed by atoms with van der Waals surface area (Å²) in [4.78, 5) is 16.0. The van der Waals surface area contributed by atoms with E-state index in [1.807, 2.05) is 36.4 Å². The summed E-state index contributed by atoms with van der Waals surface area (Å²) >= 11 is 4.30. The fourth-order valence-corrected chi connectivity index (χ4v) is 4.48. The number of aromatic nitrogens is 2. The quantitative estimate of drug-likeness (QED) is 0.198. The third-order valence-corrected chi connectivity index (χ3v) is 6.37. The Hall–Kier alpha value is -2.98. The van der Waals surface area contributed by atoms with E-state index in [0.29, 0.717) is 42.3 Å². The van der Waals surface area contributed by atoms with E-state index in [4.69, 9.17) is 20.4 Å². The lowest BCUT2D eigenvalue weighted by atomic mass is 9.82. The topological polar surface area (TPSA) is 99.9 Å². The minimum absolute atomic E-state index is 0.00149. The molecule has 0 saturated carbocycles. The maximum absolute atomic E-state index is 13.1. The predicted octanol–water partition coefficient (Wildman–Crippen LogP) is 2.06. The minimum Gasteiger partial charge on any atom is -0.509 e. The van der Waals surface area contributed by atoms with Gasteiger partial charge in [0.2, 0.25) is 0 Å². The number of aryl methyl sites for hydroxylation is 1. The molecule has 0 spiro atoms. The first-order valence-electron chi connectivity index (χ1n) is 11.9. The number of hydrogen-bond acceptors (Lipinski definition) is 7. The third-order valence-electron chi connectivity index (χ3n) is 6.07. The van der Waals surface area contributed by atoms with Gasteiger partial charge < -0.3 is 20.3 Å². The van der Waals surface area contributed by atoms with Gasteiger partial charge in [0.25, 0.3) is 5.91 Å². The fraction of sp³-hybridized carbons (Fsp3) is 0.308. The average Bonchev–Trinajstić information content (AvgIpc) is 3.27. The van der Waals surface area contributed by atoms with E-state index in [1.54, 1.807) is 29.9 Å². The minimum atomic E-state index is -1.05. The molecule has 0 unspecified atom stereocenters. The molecule has 0 fully saturated rings. The number of aliphatic hydroxyl groups is 2. The molecular weight excluding hydrogens is 486 g/mol. The first-order valence-corrected chi connectivity index (χ1v) is 12.3. The van der Waals surface area contributed by atoms with Gasteiger partial charge in [-0.25, -0.2) is 4.68 Å². The number of benzene rings is 2. The summed E-state index contributed by atoms with van der Waals surface area (Å²) in [5.41, 5.74) is 4.01. The SMILES string of the molecule is [B]C([B])Oc1cc(NC(=O)c2cn(-c3ccc(S)cc3)nc2C)ccc1CN1CC(CO)=C[C@H](CO)C1. The second-order valence-corrected chi connectivity index (χ2v) is 9.56. The number of rotatable bonds is 9. The Balaban J connectivity index is 1.52. The zero-order valence-electron chi connectivity index (χ0n) is 20.5. The number of aliphatic hydroxyl groups excluding tert-OH is 2. The first kappa shape index (κ1) is 27.1. The lowest BCUT2D eigenvalue weighted by Gasteiger charge is -2.31. The molecule has 2 aromatic carbocycles. The molecule has 0 aliphatic carbocycles. The van der Waals surface area contributed by atoms with Crippen LogP contribution < -0.4 is 10.1 Å². The zero-order chi connectivity index (χ0) is 26.5. The van der Waals surface area contributed by atoms with Crippen molar-refractivity contribution in [1.29, 1.82) is 0 Å². The number of ether oxygens (including phenoxy) is 1. The highest BCUT2D eigenvalue weighted by atomic mass is 32.1. The molecule has 2 heterocycles. The lowest BCUT2D eigenvalue weighted by Crippen LogP contribution is -2.36. The number of nitrogens with one attached hydrogen (secondary N) is 1. The summed E-state index contributed by atoms with van der Waals surface area (Å²) in [5.74, 6) is -0.985. The van der Waals surface area contributed by atoms with Crippen LogP contribution in [0.4, 0.5) is 5.69 Å². The van der Waals surface area contributed by atoms with Gasteiger partial charge >= 0.3 is 0 Å². The van der Waals surface area contributed by atoms with E-state index in [2.05, 4.69) is 27.9 Å². The summed E-state index contributed by atoms with van der Waals surface area (Å²) in [6.07, 6.45) is 3.60. The van der Waals surface area contributed by atoms with Crippen LogP contribution in [0.1, 0.15) is 21.6 Å². The normalized spacial score (nSPS) is 16.0. The van der Waals surface area contributed by atoms with Gasteiger partial charge in [0.15, 0.2) is 0 Å². The van der Waals surface area contributed by atoms with Gasteiger partial charge in [-0.15, -0.1) is 12.6 Å². The van der Waals surface area contributed by atoms with Gasteiger partial charge in [-0.1, -0.05) is 12.1 Å². The van der Waals surface area contributed by atoms with Gasteiger partial charge in [-0.05, 0) is 42.8 Å². The summed E-state index contributed by atoms with van der Waals surface area (Å²) in [7, 11) is 11.4. The van der Waals surface area contributed by atoms with E-state index >= 15 is 0 Å². The second-order valence-electron chi connectivity index (χ2n) is 9.04. The zero-order valence-corrected chi connectivity index (χ0v) is 21.4. The van der Waals surface area contributed by atoms with E-state index < -0.39 is 5.90 Å². The van der Waals surface area contributed by atoms with Crippen LogP contribution in [0.3, 0.4) is 0 Å². The van der Waals surface area contributed by atoms with Crippen molar-refractivity contribution in [2.45, 2.75) is 24.3 Å². The molecule has 3 N–H and O–H groups in total. The van der Waals surface area contributed by atoms with Crippen molar-refractivity contribution >= 4 is 39.9 Å². The molecule has 1 aromatic heterocycles. The van der Waals surface area contributed by atoms with Crippen LogP contribution in [0.15, 0.2) is 65.2 Å². The number of carbonyl (C=O) groups is 1. The van der Waals surface area contributed by atoms with Crippen molar-refractivity contribution in [2.24, 2.45) is 5.92 Å². The Morgan fingerprint density at radius 1 is 1.24 bits per heavy atom. The number of thiol groups is 1. The molecule has 37 heavy (non-hydrogen) atoms. The largest absolute Gasteiger partial charge is 0.509 e. The van der Waals surface area contributed by atoms with Gasteiger partial charge in [0.05, 0.1) is 30.2 Å². The summed E-state index contributed by atoms with van der Waals surface area (Å²) in [6, 6.07) is 12.8. The van der Waals surface area contributed by atoms with E-state index in [0.717, 1.165) is 21.7 Å². The highest BCUT2D eigenvalue weighted by molar-refractivity contribution is 7.80. The van der Waals surface area contributed by atoms with Gasteiger partial charge in [-0.2, -0.15) is 5.10 Å². The van der Waals surface area contributed by atoms with Crippen molar-refractivity contribution in [3.8, 4) is 11.4 Å². The monoisotopic (exact) mass is 514 g/mol. The van der Waals surface area contributed by atoms with Gasteiger partial charge in [0, 0.05) is 59.9 Å². The fourth-order valence-electron chi connectivity index (χ4n) is 4.33. The summed E-state index contributed by atoms with van der Waals surface area (Å²) < 4.78 is 7.31. The average molecular weight is 514 g/mol. The maximum Gasteiger partial charge on any atom is 0.259 e. The Morgan fingerprint density at radius 2 is 2.00 bits per heavy atom. The molecule has 8 nitrogen and oxygen atoms in total. The van der Waals surface area contributed by atoms with Gasteiger partial charge in [0.1, 0.15) is 21.4 Å². The van der Waals surface area contributed by atoms with Crippen LogP contribution in [-0.4, -0.2) is 78.7 Å². The van der Waals surface area contributed by atoms with Gasteiger partial charge in [-0.3, -0.25) is 9.69 Å². The smallest absolute Gasteiger partial charge is 0.259 e. The first-order chi connectivity index (χ1) is 17.7. The molecule has 0 saturated heterocycles. The van der Waals surface area contributed by atoms with Crippen LogP contribution in [0.25, 0.3) is 5.69 Å². The highest BCUT2D eigenvalue weighted by Gasteiger charge is 2.22. The van der Waals surface area contributed by atoms with Crippen LogP contribution >= 0.6 is 12.6 Å². The van der Waals surface area contributed by atoms with Crippen molar-refractivity contribution in [1.82, 2.24) is 14.7 Å². The van der Waals surface area contributed by atoms with E-state index in [-0.39, 0.29) is 25.0 Å². The summed E-state index contributed by atoms with van der Waals surface area (Å²) in [6.45, 7) is 3.40. The number of nitrogens with zero attached hydrogens (tertiary/aromatic N) is 3. The molecule has 11 heteroatoms. The van der Waals surface area contributed by atoms with Crippen molar-refractivity contribution in [3.05, 3.63) is 77.1 Å². The van der Waals surface area contributed by atoms with Crippen LogP contribution in [0, 0.1) is 12.8 Å². The van der Waals surface area contributed by atoms with E-state index in [1.165, 1.54) is 0 Å². The van der Waals surface area contributed by atoms with Crippen molar-refractivity contribution in [3.63, 3.8) is 0 Å². The summed E-state index contributed by atoms with van der Waals surface area (Å²) in [5, 5.41) is 26.6. The predicted molar refractivity (Wildman–Crippen MR) is 147 cm³/mol. The number of carbonyl (C=O) groups excluding carboxylic acids is 1. The van der Waals surface area contributed by atoms with Crippen LogP contribution in [-0.2, 0) is 6.54 Å². The Bertz CT molecular complexity index is 1280. The van der Waals surface area contributed by atoms with Crippen molar-refractivity contribution in [2.75, 3.05) is 31.6 Å². The Kier molecular flexibility index (Phi) is 8.81. The molecule has 188 valence electrons. The highest BCUT2D eigenvalue weighted by Crippen LogP contribution is 2.28. The molecule has 1 amide bonds. The Morgan fingerprint density at radius 3 is 2.68 bits per heavy atom. The number of anilines is 1. The number of hydrogen-bond donors (Lipinski definition) is 4. The van der Waals surface area contributed by atoms with Crippen LogP contribution in [0.2, 0.25) is 0 Å². The molecule has 1 aliphatic heterocycles. The molecule has 0 bridgehead atoms. The standard InChI is InChI=1S/C26H28B2N4O4S/c1-16-23(13-32(30-16)21-4-6-22(37)7-5-21)25(35)29-20-3-2-19(24(9-20)36-26(27)28)12-31-10-17(14-33)8-18(11-31)15-34/h2-9,13,17,26,33-34,37H,10-12,14-15H2,1H3,(H,29,35)/t17-/m0/s1. The molecule has 1 aliphatic rings. The third kappa shape index (κ3) is 6.87. The molecular formula is C26H28B2N4O4S. The maximum atomic E-state index is 13.1. The van der Waals surface area contributed by atoms with Crippen molar-refractivity contribution < 1.29 is 19.7 Å². The molecule has 1 atom stereocenters. The lowest BCUT2D eigenvalue weighted by molar-refractivity contribution is 0.102. The Labute approximate surface area is 224 Å². The molecule has 3 aromatic rings. The van der Waals surface area contributed by atoms with E-state index in [9.17, 15) is 15.0 Å². The molecule has 4 radical (unpaired) electrons.